The zero-order valence-electron chi connectivity index (χ0n) is 17.6. The van der Waals surface area contributed by atoms with Crippen molar-refractivity contribution in [1.29, 1.82) is 0 Å². The molecule has 3 rings (SSSR count). The van der Waals surface area contributed by atoms with Gasteiger partial charge in [0.15, 0.2) is 5.78 Å². The second-order valence-corrected chi connectivity index (χ2v) is 8.65. The molecule has 0 fully saturated rings. The van der Waals surface area contributed by atoms with E-state index in [2.05, 4.69) is 10.6 Å². The Morgan fingerprint density at radius 1 is 0.806 bits per heavy atom. The number of thioether (sulfide) groups is 1. The number of amides is 2. The Morgan fingerprint density at radius 2 is 1.42 bits per heavy atom. The summed E-state index contributed by atoms with van der Waals surface area (Å²) in [4.78, 5) is 37.1. The lowest BCUT2D eigenvalue weighted by Gasteiger charge is -2.13. The lowest BCUT2D eigenvalue weighted by atomic mass is 10.1. The van der Waals surface area contributed by atoms with Crippen molar-refractivity contribution < 1.29 is 14.4 Å². The summed E-state index contributed by atoms with van der Waals surface area (Å²) in [6.45, 7) is 5.28. The molecule has 0 heterocycles. The standard InChI is InChI=1S/C25H24N2O3S/c1-16-5-4-6-20(15-16)25(30)27-22-11-13-23(14-12-22)31-18(3)24(29)26-21-9-7-19(8-10-21)17(2)28/h4-15,18H,1-3H3,(H,26,29)(H,27,30). The van der Waals surface area contributed by atoms with Crippen LogP contribution in [0, 0.1) is 6.92 Å². The van der Waals surface area contributed by atoms with Crippen LogP contribution < -0.4 is 10.6 Å². The number of Topliss-reactive ketones (excluding diaryl/α,β-unsaturated/α-hetero) is 1. The summed E-state index contributed by atoms with van der Waals surface area (Å²) in [6, 6.07) is 21.6. The number of carbonyl (C=O) groups is 3. The highest BCUT2D eigenvalue weighted by atomic mass is 32.2. The predicted molar refractivity (Wildman–Crippen MR) is 126 cm³/mol. The molecule has 0 aliphatic heterocycles. The van der Waals surface area contributed by atoms with Crippen molar-refractivity contribution in [2.24, 2.45) is 0 Å². The third kappa shape index (κ3) is 6.30. The summed E-state index contributed by atoms with van der Waals surface area (Å²) < 4.78 is 0. The van der Waals surface area contributed by atoms with E-state index in [-0.39, 0.29) is 22.8 Å². The van der Waals surface area contributed by atoms with Crippen LogP contribution in [-0.2, 0) is 4.79 Å². The number of hydrogen-bond donors (Lipinski definition) is 2. The van der Waals surface area contributed by atoms with Crippen molar-refractivity contribution in [1.82, 2.24) is 0 Å². The number of anilines is 2. The highest BCUT2D eigenvalue weighted by Gasteiger charge is 2.15. The first-order chi connectivity index (χ1) is 14.8. The van der Waals surface area contributed by atoms with Crippen LogP contribution in [0.3, 0.4) is 0 Å². The highest BCUT2D eigenvalue weighted by molar-refractivity contribution is 8.00. The van der Waals surface area contributed by atoms with Crippen molar-refractivity contribution in [3.8, 4) is 0 Å². The first-order valence-corrected chi connectivity index (χ1v) is 10.8. The minimum Gasteiger partial charge on any atom is -0.325 e. The van der Waals surface area contributed by atoms with Gasteiger partial charge in [-0.3, -0.25) is 14.4 Å². The van der Waals surface area contributed by atoms with Gasteiger partial charge >= 0.3 is 0 Å². The van der Waals surface area contributed by atoms with Gasteiger partial charge in [0.25, 0.3) is 5.91 Å². The van der Waals surface area contributed by atoms with E-state index in [9.17, 15) is 14.4 Å². The smallest absolute Gasteiger partial charge is 0.255 e. The van der Waals surface area contributed by atoms with E-state index in [4.69, 9.17) is 0 Å². The molecule has 3 aromatic carbocycles. The molecular formula is C25H24N2O3S. The summed E-state index contributed by atoms with van der Waals surface area (Å²) in [7, 11) is 0. The second kappa shape index (κ2) is 10.1. The minimum atomic E-state index is -0.319. The van der Waals surface area contributed by atoms with Crippen LogP contribution >= 0.6 is 11.8 Å². The van der Waals surface area contributed by atoms with E-state index in [0.717, 1.165) is 10.5 Å². The molecule has 6 heteroatoms. The van der Waals surface area contributed by atoms with Gasteiger partial charge in [-0.15, -0.1) is 11.8 Å². The average molecular weight is 433 g/mol. The molecule has 0 aromatic heterocycles. The number of carbonyl (C=O) groups excluding carboxylic acids is 3. The largest absolute Gasteiger partial charge is 0.325 e. The maximum Gasteiger partial charge on any atom is 0.255 e. The Bertz CT molecular complexity index is 1090. The first-order valence-electron chi connectivity index (χ1n) is 9.88. The highest BCUT2D eigenvalue weighted by Crippen LogP contribution is 2.26. The van der Waals surface area contributed by atoms with Crippen molar-refractivity contribution in [3.05, 3.63) is 89.5 Å². The summed E-state index contributed by atoms with van der Waals surface area (Å²) in [5.74, 6) is -0.301. The lowest BCUT2D eigenvalue weighted by Crippen LogP contribution is -2.22. The molecule has 5 nitrogen and oxygen atoms in total. The zero-order chi connectivity index (χ0) is 22.4. The van der Waals surface area contributed by atoms with Crippen LogP contribution in [0.25, 0.3) is 0 Å². The fraction of sp³-hybridized carbons (Fsp3) is 0.160. The normalized spacial score (nSPS) is 11.5. The fourth-order valence-electron chi connectivity index (χ4n) is 2.90. The van der Waals surface area contributed by atoms with Gasteiger partial charge in [0, 0.05) is 27.4 Å². The van der Waals surface area contributed by atoms with Gasteiger partial charge in [-0.05, 0) is 81.4 Å². The molecule has 158 valence electrons. The van der Waals surface area contributed by atoms with Gasteiger partial charge in [-0.2, -0.15) is 0 Å². The molecule has 0 aliphatic rings. The Balaban J connectivity index is 1.55. The van der Waals surface area contributed by atoms with Gasteiger partial charge in [0.2, 0.25) is 5.91 Å². The molecule has 3 aromatic rings. The van der Waals surface area contributed by atoms with E-state index in [1.165, 1.54) is 18.7 Å². The van der Waals surface area contributed by atoms with E-state index >= 15 is 0 Å². The summed E-state index contributed by atoms with van der Waals surface area (Å²) in [5.41, 5.74) is 3.59. The molecule has 0 bridgehead atoms. The Labute approximate surface area is 186 Å². The van der Waals surface area contributed by atoms with Crippen LogP contribution in [0.5, 0.6) is 0 Å². The second-order valence-electron chi connectivity index (χ2n) is 7.23. The number of nitrogens with one attached hydrogen (secondary N) is 2. The third-order valence-electron chi connectivity index (χ3n) is 4.63. The first kappa shape index (κ1) is 22.3. The fourth-order valence-corrected chi connectivity index (χ4v) is 3.76. The molecule has 2 amide bonds. The molecule has 0 saturated carbocycles. The Hall–Kier alpha value is -3.38. The van der Waals surface area contributed by atoms with E-state index in [1.54, 1.807) is 30.3 Å². The van der Waals surface area contributed by atoms with Crippen LogP contribution in [0.1, 0.15) is 40.1 Å². The van der Waals surface area contributed by atoms with Gasteiger partial charge in [0.1, 0.15) is 0 Å². The zero-order valence-corrected chi connectivity index (χ0v) is 18.5. The maximum absolute atomic E-state index is 12.5. The Kier molecular flexibility index (Phi) is 7.26. The van der Waals surface area contributed by atoms with Gasteiger partial charge in [-0.1, -0.05) is 17.7 Å². The predicted octanol–water partition coefficient (Wildman–Crippen LogP) is 5.57. The van der Waals surface area contributed by atoms with E-state index < -0.39 is 0 Å². The van der Waals surface area contributed by atoms with Crippen LogP contribution in [0.15, 0.2) is 77.7 Å². The molecule has 0 saturated heterocycles. The van der Waals surface area contributed by atoms with Crippen LogP contribution in [-0.4, -0.2) is 22.8 Å². The molecule has 0 aliphatic carbocycles. The molecular weight excluding hydrogens is 408 g/mol. The third-order valence-corrected chi connectivity index (χ3v) is 5.75. The van der Waals surface area contributed by atoms with Crippen molar-refractivity contribution in [2.45, 2.75) is 30.9 Å². The maximum atomic E-state index is 12.5. The molecule has 2 N–H and O–H groups in total. The lowest BCUT2D eigenvalue weighted by molar-refractivity contribution is -0.115. The summed E-state index contributed by atoms with van der Waals surface area (Å²) >= 11 is 1.43. The van der Waals surface area contributed by atoms with E-state index in [0.29, 0.717) is 22.5 Å². The average Bonchev–Trinajstić information content (AvgIpc) is 2.75. The van der Waals surface area contributed by atoms with Gasteiger partial charge in [-0.25, -0.2) is 0 Å². The Morgan fingerprint density at radius 3 is 2.03 bits per heavy atom. The molecule has 1 atom stereocenters. The van der Waals surface area contributed by atoms with Gasteiger partial charge in [0.05, 0.1) is 5.25 Å². The summed E-state index contributed by atoms with van der Waals surface area (Å²) in [5, 5.41) is 5.42. The monoisotopic (exact) mass is 432 g/mol. The number of rotatable bonds is 7. The SMILES string of the molecule is CC(=O)c1ccc(NC(=O)C(C)Sc2ccc(NC(=O)c3cccc(C)c3)cc2)cc1. The van der Waals surface area contributed by atoms with Crippen molar-refractivity contribution >= 4 is 40.7 Å². The molecule has 0 spiro atoms. The minimum absolute atomic E-state index is 0.0136. The molecule has 31 heavy (non-hydrogen) atoms. The number of hydrogen-bond acceptors (Lipinski definition) is 4. The van der Waals surface area contributed by atoms with Crippen LogP contribution in [0.2, 0.25) is 0 Å². The van der Waals surface area contributed by atoms with Crippen molar-refractivity contribution in [3.63, 3.8) is 0 Å². The number of ketones is 1. The topological polar surface area (TPSA) is 75.3 Å². The molecule has 0 radical (unpaired) electrons. The molecule has 1 unspecified atom stereocenters. The van der Waals surface area contributed by atoms with Gasteiger partial charge < -0.3 is 10.6 Å². The number of aryl methyl sites for hydroxylation is 1. The number of benzene rings is 3. The summed E-state index contributed by atoms with van der Waals surface area (Å²) in [6.07, 6.45) is 0. The quantitative estimate of drug-likeness (QED) is 0.378. The van der Waals surface area contributed by atoms with Crippen molar-refractivity contribution in [2.75, 3.05) is 10.6 Å². The van der Waals surface area contributed by atoms with Crippen LogP contribution in [0.4, 0.5) is 11.4 Å². The van der Waals surface area contributed by atoms with E-state index in [1.807, 2.05) is 56.3 Å².